The molecule has 9 rings (SSSR count). The quantitative estimate of drug-likeness (QED) is 0.188. The van der Waals surface area contributed by atoms with Crippen molar-refractivity contribution in [2.75, 3.05) is 4.90 Å². The second-order valence-corrected chi connectivity index (χ2v) is 12.4. The molecule has 0 atom stereocenters. The van der Waals surface area contributed by atoms with Gasteiger partial charge in [0, 0.05) is 36.9 Å². The number of hydrogen-bond donors (Lipinski definition) is 0. The smallest absolute Gasteiger partial charge is 0.0546 e. The van der Waals surface area contributed by atoms with E-state index >= 15 is 0 Å². The molecular weight excluding hydrogens is 551 g/mol. The molecule has 0 aliphatic carbocycles. The summed E-state index contributed by atoms with van der Waals surface area (Å²) in [7, 11) is 0. The summed E-state index contributed by atoms with van der Waals surface area (Å²) in [6.07, 6.45) is 0. The molecule has 44 heavy (non-hydrogen) atoms. The first-order valence-corrected chi connectivity index (χ1v) is 15.8. The summed E-state index contributed by atoms with van der Waals surface area (Å²) in [6.45, 7) is 0. The Balaban J connectivity index is 1.32. The van der Waals surface area contributed by atoms with Crippen LogP contribution < -0.4 is 4.90 Å². The Morgan fingerprint density at radius 1 is 0.364 bits per heavy atom. The maximum atomic E-state index is 2.44. The van der Waals surface area contributed by atoms with Crippen LogP contribution in [0.2, 0.25) is 0 Å². The number of hydrogen-bond acceptors (Lipinski definition) is 2. The van der Waals surface area contributed by atoms with Gasteiger partial charge in [0.25, 0.3) is 0 Å². The predicted molar refractivity (Wildman–Crippen MR) is 192 cm³/mol. The number of benzene rings is 8. The van der Waals surface area contributed by atoms with Crippen molar-refractivity contribution < 1.29 is 0 Å². The molecule has 0 amide bonds. The monoisotopic (exact) mass is 577 g/mol. The van der Waals surface area contributed by atoms with Crippen LogP contribution in [0.15, 0.2) is 164 Å². The summed E-state index contributed by atoms with van der Waals surface area (Å²) < 4.78 is 2.63. The van der Waals surface area contributed by atoms with E-state index < -0.39 is 0 Å². The predicted octanol–water partition coefficient (Wildman–Crippen LogP) is 12.7. The molecule has 8 aromatic carbocycles. The van der Waals surface area contributed by atoms with Crippen LogP contribution in [0.5, 0.6) is 0 Å². The highest BCUT2D eigenvalue weighted by molar-refractivity contribution is 7.25. The summed E-state index contributed by atoms with van der Waals surface area (Å²) in [5, 5.41) is 10.2. The highest BCUT2D eigenvalue weighted by Gasteiger charge is 2.19. The van der Waals surface area contributed by atoms with Gasteiger partial charge >= 0.3 is 0 Å². The van der Waals surface area contributed by atoms with E-state index in [1.807, 2.05) is 11.3 Å². The van der Waals surface area contributed by atoms with Crippen molar-refractivity contribution in [1.29, 1.82) is 0 Å². The molecule has 2 heteroatoms. The zero-order valence-corrected chi connectivity index (χ0v) is 24.8. The molecule has 0 unspecified atom stereocenters. The van der Waals surface area contributed by atoms with Crippen molar-refractivity contribution in [3.63, 3.8) is 0 Å². The van der Waals surface area contributed by atoms with Gasteiger partial charge in [-0.05, 0) is 80.5 Å². The molecule has 0 saturated carbocycles. The molecule has 0 aliphatic heterocycles. The summed E-state index contributed by atoms with van der Waals surface area (Å²) in [6, 6.07) is 59.8. The lowest BCUT2D eigenvalue weighted by atomic mass is 9.95. The Hall–Kier alpha value is -5.44. The largest absolute Gasteiger partial charge is 0.310 e. The van der Waals surface area contributed by atoms with E-state index in [1.165, 1.54) is 69.3 Å². The van der Waals surface area contributed by atoms with Gasteiger partial charge < -0.3 is 4.90 Å². The number of anilines is 3. The molecule has 0 bridgehead atoms. The van der Waals surface area contributed by atoms with Crippen molar-refractivity contribution in [3.05, 3.63) is 164 Å². The summed E-state index contributed by atoms with van der Waals surface area (Å²) >= 11 is 1.86. The van der Waals surface area contributed by atoms with Gasteiger partial charge in [0.05, 0.1) is 5.69 Å². The van der Waals surface area contributed by atoms with E-state index in [4.69, 9.17) is 0 Å². The topological polar surface area (TPSA) is 3.24 Å². The van der Waals surface area contributed by atoms with Crippen molar-refractivity contribution in [2.45, 2.75) is 0 Å². The highest BCUT2D eigenvalue weighted by atomic mass is 32.1. The molecule has 0 N–H and O–H groups in total. The maximum Gasteiger partial charge on any atom is 0.0546 e. The number of fused-ring (bicyclic) bond motifs is 8. The third-order valence-corrected chi connectivity index (χ3v) is 9.99. The average molecular weight is 578 g/mol. The van der Waals surface area contributed by atoms with Gasteiger partial charge in [-0.3, -0.25) is 0 Å². The summed E-state index contributed by atoms with van der Waals surface area (Å²) in [5.41, 5.74) is 5.89. The van der Waals surface area contributed by atoms with Crippen LogP contribution in [0.1, 0.15) is 0 Å². The number of thiophene rings is 1. The molecule has 1 heterocycles. The van der Waals surface area contributed by atoms with Gasteiger partial charge in [0.15, 0.2) is 0 Å². The molecule has 0 spiro atoms. The van der Waals surface area contributed by atoms with E-state index in [1.54, 1.807) is 0 Å². The van der Waals surface area contributed by atoms with Gasteiger partial charge in [-0.15, -0.1) is 11.3 Å². The normalized spacial score (nSPS) is 11.6. The SMILES string of the molecule is c1ccc(-c2ccc(N(c3ccc4sc5ccccc5c4c3)c3cccc4ccc5c6ccccc6ccc5c34)cc2)cc1. The van der Waals surface area contributed by atoms with Crippen molar-refractivity contribution >= 4 is 80.9 Å². The van der Waals surface area contributed by atoms with Gasteiger partial charge in [0.2, 0.25) is 0 Å². The molecule has 0 saturated heterocycles. The lowest BCUT2D eigenvalue weighted by molar-refractivity contribution is 1.31. The minimum absolute atomic E-state index is 1.13. The molecule has 1 aromatic heterocycles. The first-order chi connectivity index (χ1) is 21.8. The van der Waals surface area contributed by atoms with Crippen molar-refractivity contribution in [3.8, 4) is 11.1 Å². The van der Waals surface area contributed by atoms with E-state index in [2.05, 4.69) is 169 Å². The molecule has 0 radical (unpaired) electrons. The molecule has 0 aliphatic rings. The lowest BCUT2D eigenvalue weighted by Gasteiger charge is -2.28. The minimum Gasteiger partial charge on any atom is -0.310 e. The standard InChI is InChI=1S/C42H27NS/c1-2-9-28(10-3-1)29-17-21-32(22-18-29)43(33-23-26-41-38(27-33)36-14-6-7-16-40(36)44-41)39-15-8-12-31-20-24-35-34-13-5-4-11-30(34)19-25-37(35)42(31)39/h1-27H. The van der Waals surface area contributed by atoms with Crippen LogP contribution in [-0.2, 0) is 0 Å². The first kappa shape index (κ1) is 25.1. The number of rotatable bonds is 4. The van der Waals surface area contributed by atoms with Gasteiger partial charge in [-0.25, -0.2) is 0 Å². The maximum absolute atomic E-state index is 2.44. The Morgan fingerprint density at radius 2 is 1.02 bits per heavy atom. The molecular formula is C42H27NS. The van der Waals surface area contributed by atoms with Gasteiger partial charge in [-0.2, -0.15) is 0 Å². The van der Waals surface area contributed by atoms with Crippen LogP contribution in [0.4, 0.5) is 17.1 Å². The molecule has 206 valence electrons. The average Bonchev–Trinajstić information content (AvgIpc) is 3.47. The van der Waals surface area contributed by atoms with Crippen LogP contribution in [-0.4, -0.2) is 0 Å². The van der Waals surface area contributed by atoms with E-state index in [9.17, 15) is 0 Å². The summed E-state index contributed by atoms with van der Waals surface area (Å²) in [4.78, 5) is 2.44. The van der Waals surface area contributed by atoms with Gasteiger partial charge in [0.1, 0.15) is 0 Å². The zero-order valence-electron chi connectivity index (χ0n) is 23.9. The molecule has 0 fully saturated rings. The second-order valence-electron chi connectivity index (χ2n) is 11.3. The Labute approximate surface area is 259 Å². The van der Waals surface area contributed by atoms with Crippen molar-refractivity contribution in [1.82, 2.24) is 0 Å². The van der Waals surface area contributed by atoms with Crippen molar-refractivity contribution in [2.24, 2.45) is 0 Å². The zero-order chi connectivity index (χ0) is 29.0. The molecule has 1 nitrogen and oxygen atoms in total. The van der Waals surface area contributed by atoms with E-state index in [0.717, 1.165) is 11.4 Å². The van der Waals surface area contributed by atoms with Crippen LogP contribution in [0, 0.1) is 0 Å². The van der Waals surface area contributed by atoms with E-state index in [0.29, 0.717) is 0 Å². The third-order valence-electron chi connectivity index (χ3n) is 8.84. The fourth-order valence-electron chi connectivity index (χ4n) is 6.76. The Bertz CT molecular complexity index is 2490. The Kier molecular flexibility index (Phi) is 5.75. The highest BCUT2D eigenvalue weighted by Crippen LogP contribution is 2.45. The third kappa shape index (κ3) is 4.00. The van der Waals surface area contributed by atoms with Gasteiger partial charge in [-0.1, -0.05) is 121 Å². The van der Waals surface area contributed by atoms with Crippen LogP contribution in [0.3, 0.4) is 0 Å². The first-order valence-electron chi connectivity index (χ1n) is 15.0. The fourth-order valence-corrected chi connectivity index (χ4v) is 7.84. The molecule has 9 aromatic rings. The van der Waals surface area contributed by atoms with Crippen LogP contribution in [0.25, 0.3) is 63.6 Å². The Morgan fingerprint density at radius 3 is 1.91 bits per heavy atom. The van der Waals surface area contributed by atoms with Crippen LogP contribution >= 0.6 is 11.3 Å². The van der Waals surface area contributed by atoms with E-state index in [-0.39, 0.29) is 0 Å². The summed E-state index contributed by atoms with van der Waals surface area (Å²) in [5.74, 6) is 0. The lowest BCUT2D eigenvalue weighted by Crippen LogP contribution is -2.10. The number of nitrogens with zero attached hydrogens (tertiary/aromatic N) is 1. The fraction of sp³-hybridized carbons (Fsp3) is 0. The minimum atomic E-state index is 1.13. The second kappa shape index (κ2) is 10.1.